The van der Waals surface area contributed by atoms with Crippen molar-refractivity contribution in [2.45, 2.75) is 58.5 Å². The number of hydrogen-bond donors (Lipinski definition) is 1. The van der Waals surface area contributed by atoms with Crippen LogP contribution >= 0.6 is 0 Å². The first-order valence-electron chi connectivity index (χ1n) is 6.14. The molecule has 2 rings (SSSR count). The van der Waals surface area contributed by atoms with E-state index in [1.165, 1.54) is 12.8 Å². The number of rotatable bonds is 3. The molecule has 16 heavy (non-hydrogen) atoms. The van der Waals surface area contributed by atoms with Gasteiger partial charge in [0.2, 0.25) is 0 Å². The molecular formula is C12H22N4. The highest BCUT2D eigenvalue weighted by molar-refractivity contribution is 5.08. The summed E-state index contributed by atoms with van der Waals surface area (Å²) in [7, 11) is 0. The number of aromatic nitrogens is 3. The molecule has 0 aromatic carbocycles. The Morgan fingerprint density at radius 1 is 1.44 bits per heavy atom. The Hall–Kier alpha value is -0.900. The highest BCUT2D eigenvalue weighted by Crippen LogP contribution is 2.45. The average Bonchev–Trinajstić information content (AvgIpc) is 2.73. The Morgan fingerprint density at radius 2 is 2.19 bits per heavy atom. The lowest BCUT2D eigenvalue weighted by Crippen LogP contribution is -2.51. The zero-order valence-electron chi connectivity index (χ0n) is 10.5. The molecule has 1 heterocycles. The Kier molecular flexibility index (Phi) is 2.78. The second-order valence-electron chi connectivity index (χ2n) is 5.56. The number of hydrogen-bond acceptors (Lipinski definition) is 3. The van der Waals surface area contributed by atoms with Crippen molar-refractivity contribution in [3.63, 3.8) is 0 Å². The third kappa shape index (κ3) is 1.75. The summed E-state index contributed by atoms with van der Waals surface area (Å²) in [5.41, 5.74) is 6.66. The van der Waals surface area contributed by atoms with E-state index in [2.05, 4.69) is 30.9 Å². The van der Waals surface area contributed by atoms with Gasteiger partial charge in [-0.1, -0.05) is 20.3 Å². The highest BCUT2D eigenvalue weighted by atomic mass is 15.3. The molecule has 1 saturated carbocycles. The first kappa shape index (κ1) is 11.6. The van der Waals surface area contributed by atoms with Crippen molar-refractivity contribution < 1.29 is 0 Å². The molecule has 0 saturated heterocycles. The molecular weight excluding hydrogens is 200 g/mol. The minimum absolute atomic E-state index is 0.118. The fraction of sp³-hybridized carbons (Fsp3) is 0.833. The predicted molar refractivity (Wildman–Crippen MR) is 64.0 cm³/mol. The van der Waals surface area contributed by atoms with Gasteiger partial charge in [0.15, 0.2) is 0 Å². The van der Waals surface area contributed by atoms with Gasteiger partial charge in [0.1, 0.15) is 12.2 Å². The summed E-state index contributed by atoms with van der Waals surface area (Å²) in [6.07, 6.45) is 6.00. The smallest absolute Gasteiger partial charge is 0.138 e. The summed E-state index contributed by atoms with van der Waals surface area (Å²) < 4.78 is 1.95. The minimum Gasteiger partial charge on any atom is -0.324 e. The first-order chi connectivity index (χ1) is 7.48. The molecule has 0 spiro atoms. The number of aryl methyl sites for hydroxylation is 1. The molecule has 4 heteroatoms. The maximum absolute atomic E-state index is 6.57. The van der Waals surface area contributed by atoms with Crippen LogP contribution in [0.15, 0.2) is 6.33 Å². The molecule has 2 N–H and O–H groups in total. The topological polar surface area (TPSA) is 56.7 Å². The third-order valence-electron chi connectivity index (χ3n) is 4.24. The van der Waals surface area contributed by atoms with Crippen LogP contribution in [0.4, 0.5) is 0 Å². The lowest BCUT2D eigenvalue weighted by atomic mass is 9.73. The quantitative estimate of drug-likeness (QED) is 0.847. The van der Waals surface area contributed by atoms with Crippen LogP contribution in [0.25, 0.3) is 0 Å². The monoisotopic (exact) mass is 222 g/mol. The van der Waals surface area contributed by atoms with Crippen molar-refractivity contribution in [3.8, 4) is 0 Å². The van der Waals surface area contributed by atoms with Crippen LogP contribution in [0, 0.1) is 5.41 Å². The molecule has 0 amide bonds. The van der Waals surface area contributed by atoms with Gasteiger partial charge in [-0.25, -0.2) is 4.98 Å². The normalized spacial score (nSPS) is 28.5. The molecule has 0 bridgehead atoms. The molecule has 1 fully saturated rings. The van der Waals surface area contributed by atoms with E-state index in [0.717, 1.165) is 25.2 Å². The molecule has 4 nitrogen and oxygen atoms in total. The van der Waals surface area contributed by atoms with E-state index in [0.29, 0.717) is 0 Å². The second kappa shape index (κ2) is 3.84. The average molecular weight is 222 g/mol. The molecule has 1 aliphatic rings. The number of nitrogens with two attached hydrogens (primary N) is 1. The van der Waals surface area contributed by atoms with Crippen LogP contribution in [0.2, 0.25) is 0 Å². The molecule has 0 radical (unpaired) electrons. The lowest BCUT2D eigenvalue weighted by molar-refractivity contribution is 0.202. The zero-order valence-corrected chi connectivity index (χ0v) is 10.5. The van der Waals surface area contributed by atoms with Crippen molar-refractivity contribution in [2.24, 2.45) is 11.1 Å². The molecule has 90 valence electrons. The van der Waals surface area contributed by atoms with Gasteiger partial charge in [-0.2, -0.15) is 5.10 Å². The van der Waals surface area contributed by atoms with E-state index in [1.807, 2.05) is 4.68 Å². The van der Waals surface area contributed by atoms with Gasteiger partial charge >= 0.3 is 0 Å². The maximum Gasteiger partial charge on any atom is 0.138 e. The minimum atomic E-state index is -0.118. The molecule has 0 aliphatic heterocycles. The van der Waals surface area contributed by atoms with Crippen LogP contribution in [0.5, 0.6) is 0 Å². The molecule has 1 aromatic rings. The summed E-state index contributed by atoms with van der Waals surface area (Å²) in [5, 5.41) is 4.21. The summed E-state index contributed by atoms with van der Waals surface area (Å²) in [5.74, 6) is 1.03. The van der Waals surface area contributed by atoms with Crippen molar-refractivity contribution >= 4 is 0 Å². The van der Waals surface area contributed by atoms with E-state index in [-0.39, 0.29) is 11.0 Å². The summed E-state index contributed by atoms with van der Waals surface area (Å²) >= 11 is 0. The second-order valence-corrected chi connectivity index (χ2v) is 5.56. The van der Waals surface area contributed by atoms with Crippen LogP contribution in [0.3, 0.4) is 0 Å². The van der Waals surface area contributed by atoms with E-state index in [9.17, 15) is 0 Å². The fourth-order valence-corrected chi connectivity index (χ4v) is 2.73. The number of nitrogens with zero attached hydrogens (tertiary/aromatic N) is 3. The van der Waals surface area contributed by atoms with Crippen LogP contribution in [-0.4, -0.2) is 20.3 Å². The summed E-state index contributed by atoms with van der Waals surface area (Å²) in [6.45, 7) is 7.49. The maximum atomic E-state index is 6.57. The summed E-state index contributed by atoms with van der Waals surface area (Å²) in [4.78, 5) is 4.33. The van der Waals surface area contributed by atoms with Crippen LogP contribution < -0.4 is 5.73 Å². The highest BCUT2D eigenvalue weighted by Gasteiger charge is 2.46. The van der Waals surface area contributed by atoms with Gasteiger partial charge in [-0.05, 0) is 25.2 Å². The first-order valence-corrected chi connectivity index (χ1v) is 6.14. The molecule has 1 atom stereocenters. The Labute approximate surface area is 97.2 Å². The standard InChI is InChI=1S/C12H22N4/c1-4-16-10(14-9-15-16)8-12(13)7-5-6-11(12,2)3/h9H,4-8,13H2,1-3H3. The largest absolute Gasteiger partial charge is 0.324 e. The van der Waals surface area contributed by atoms with E-state index < -0.39 is 0 Å². The van der Waals surface area contributed by atoms with Gasteiger partial charge in [-0.3, -0.25) is 4.68 Å². The van der Waals surface area contributed by atoms with Gasteiger partial charge < -0.3 is 5.73 Å². The molecule has 1 aromatic heterocycles. The summed E-state index contributed by atoms with van der Waals surface area (Å²) in [6, 6.07) is 0. The van der Waals surface area contributed by atoms with Crippen LogP contribution in [0.1, 0.15) is 45.9 Å². The van der Waals surface area contributed by atoms with Crippen molar-refractivity contribution in [1.82, 2.24) is 14.8 Å². The fourth-order valence-electron chi connectivity index (χ4n) is 2.73. The molecule has 1 aliphatic carbocycles. The van der Waals surface area contributed by atoms with Crippen molar-refractivity contribution in [2.75, 3.05) is 0 Å². The van der Waals surface area contributed by atoms with Crippen LogP contribution in [-0.2, 0) is 13.0 Å². The van der Waals surface area contributed by atoms with Gasteiger partial charge in [0.25, 0.3) is 0 Å². The predicted octanol–water partition coefficient (Wildman–Crippen LogP) is 1.75. The van der Waals surface area contributed by atoms with E-state index in [1.54, 1.807) is 6.33 Å². The van der Waals surface area contributed by atoms with Crippen molar-refractivity contribution in [1.29, 1.82) is 0 Å². The van der Waals surface area contributed by atoms with E-state index >= 15 is 0 Å². The third-order valence-corrected chi connectivity index (χ3v) is 4.24. The molecule has 1 unspecified atom stereocenters. The lowest BCUT2D eigenvalue weighted by Gasteiger charge is -2.38. The van der Waals surface area contributed by atoms with E-state index in [4.69, 9.17) is 5.73 Å². The van der Waals surface area contributed by atoms with Gasteiger partial charge in [-0.15, -0.1) is 0 Å². The Morgan fingerprint density at radius 3 is 2.75 bits per heavy atom. The Balaban J connectivity index is 2.21. The SMILES string of the molecule is CCn1ncnc1CC1(N)CCCC1(C)C. The van der Waals surface area contributed by atoms with Gasteiger partial charge in [0, 0.05) is 18.5 Å². The van der Waals surface area contributed by atoms with Gasteiger partial charge in [0.05, 0.1) is 0 Å². The Bertz CT molecular complexity index is 369. The van der Waals surface area contributed by atoms with Crippen molar-refractivity contribution in [3.05, 3.63) is 12.2 Å². The zero-order chi connectivity index (χ0) is 11.8.